The van der Waals surface area contributed by atoms with Crippen molar-refractivity contribution in [2.24, 2.45) is 0 Å². The summed E-state index contributed by atoms with van der Waals surface area (Å²) < 4.78 is 5.42. The molecular formula is C17H26N4O2. The summed E-state index contributed by atoms with van der Waals surface area (Å²) in [5.41, 5.74) is -0.464. The second-order valence-corrected chi connectivity index (χ2v) is 6.52. The molecule has 0 aliphatic carbocycles. The summed E-state index contributed by atoms with van der Waals surface area (Å²) in [6.07, 6.45) is 5.45. The SMILES string of the molecule is C=C/C=c1/c(N2CCN(C(=O)OC(C)(C)C)CC2)n[nH]/c1=C/C. The van der Waals surface area contributed by atoms with Crippen molar-refractivity contribution in [1.29, 1.82) is 0 Å². The number of amides is 1. The van der Waals surface area contributed by atoms with E-state index in [0.29, 0.717) is 13.1 Å². The molecule has 2 rings (SSSR count). The maximum Gasteiger partial charge on any atom is 0.410 e. The number of hydrogen-bond acceptors (Lipinski definition) is 4. The van der Waals surface area contributed by atoms with Gasteiger partial charge in [-0.15, -0.1) is 0 Å². The van der Waals surface area contributed by atoms with Crippen LogP contribution in [0.5, 0.6) is 0 Å². The Morgan fingerprint density at radius 2 is 1.96 bits per heavy atom. The zero-order chi connectivity index (χ0) is 17.0. The molecule has 1 amide bonds. The van der Waals surface area contributed by atoms with Gasteiger partial charge in [0.15, 0.2) is 5.82 Å². The Balaban J connectivity index is 2.09. The number of piperazine rings is 1. The number of carbonyl (C=O) groups excluding carboxylic acids is 1. The first-order chi connectivity index (χ1) is 10.9. The van der Waals surface area contributed by atoms with Crippen molar-refractivity contribution in [2.75, 3.05) is 31.1 Å². The smallest absolute Gasteiger partial charge is 0.410 e. The van der Waals surface area contributed by atoms with Crippen LogP contribution in [0.2, 0.25) is 0 Å². The van der Waals surface area contributed by atoms with Crippen molar-refractivity contribution < 1.29 is 9.53 Å². The minimum absolute atomic E-state index is 0.250. The van der Waals surface area contributed by atoms with Crippen molar-refractivity contribution in [1.82, 2.24) is 15.1 Å². The Hall–Kier alpha value is -2.24. The second-order valence-electron chi connectivity index (χ2n) is 6.52. The van der Waals surface area contributed by atoms with E-state index in [1.54, 1.807) is 11.0 Å². The molecule has 1 aliphatic rings. The fourth-order valence-electron chi connectivity index (χ4n) is 2.52. The van der Waals surface area contributed by atoms with Gasteiger partial charge >= 0.3 is 6.09 Å². The lowest BCUT2D eigenvalue weighted by molar-refractivity contribution is 0.0240. The molecule has 0 bridgehead atoms. The number of nitrogens with zero attached hydrogens (tertiary/aromatic N) is 3. The van der Waals surface area contributed by atoms with Crippen LogP contribution in [0, 0.1) is 0 Å². The number of ether oxygens (including phenoxy) is 1. The maximum absolute atomic E-state index is 12.1. The van der Waals surface area contributed by atoms with E-state index in [9.17, 15) is 4.79 Å². The zero-order valence-corrected chi connectivity index (χ0v) is 14.4. The molecule has 6 nitrogen and oxygen atoms in total. The molecule has 1 aliphatic heterocycles. The normalized spacial score (nSPS) is 17.6. The van der Waals surface area contributed by atoms with Gasteiger partial charge in [-0.2, -0.15) is 5.10 Å². The predicted octanol–water partition coefficient (Wildman–Crippen LogP) is 1.23. The average molecular weight is 318 g/mol. The lowest BCUT2D eigenvalue weighted by Gasteiger charge is -2.35. The largest absolute Gasteiger partial charge is 0.444 e. The van der Waals surface area contributed by atoms with Crippen LogP contribution >= 0.6 is 0 Å². The molecule has 126 valence electrons. The first kappa shape index (κ1) is 17.1. The quantitative estimate of drug-likeness (QED) is 0.891. The van der Waals surface area contributed by atoms with Crippen molar-refractivity contribution in [3.05, 3.63) is 23.2 Å². The van der Waals surface area contributed by atoms with Crippen molar-refractivity contribution >= 4 is 24.1 Å². The molecule has 1 N–H and O–H groups in total. The van der Waals surface area contributed by atoms with Gasteiger partial charge in [0.05, 0.1) is 5.35 Å². The molecule has 1 aromatic heterocycles. The topological polar surface area (TPSA) is 61.5 Å². The monoisotopic (exact) mass is 318 g/mol. The van der Waals surface area contributed by atoms with Gasteiger partial charge in [0.2, 0.25) is 0 Å². The minimum Gasteiger partial charge on any atom is -0.444 e. The van der Waals surface area contributed by atoms with Crippen molar-refractivity contribution in [3.8, 4) is 0 Å². The van der Waals surface area contributed by atoms with Crippen LogP contribution in [0.15, 0.2) is 12.7 Å². The lowest BCUT2D eigenvalue weighted by Crippen LogP contribution is -2.51. The van der Waals surface area contributed by atoms with Crippen LogP contribution in [0.1, 0.15) is 27.7 Å². The third-order valence-corrected chi connectivity index (χ3v) is 3.62. The van der Waals surface area contributed by atoms with E-state index < -0.39 is 5.60 Å². The van der Waals surface area contributed by atoms with Gasteiger partial charge in [-0.3, -0.25) is 5.10 Å². The Labute approximate surface area is 137 Å². The van der Waals surface area contributed by atoms with Crippen LogP contribution in [0.4, 0.5) is 10.6 Å². The molecule has 6 heteroatoms. The van der Waals surface area contributed by atoms with E-state index in [1.165, 1.54) is 0 Å². The van der Waals surface area contributed by atoms with E-state index in [4.69, 9.17) is 4.74 Å². The number of H-pyrrole nitrogens is 1. The first-order valence-electron chi connectivity index (χ1n) is 7.92. The molecule has 0 radical (unpaired) electrons. The molecule has 2 heterocycles. The summed E-state index contributed by atoms with van der Waals surface area (Å²) in [4.78, 5) is 16.0. The fraction of sp³-hybridized carbons (Fsp3) is 0.529. The Bertz CT molecular complexity index is 676. The van der Waals surface area contributed by atoms with E-state index in [1.807, 2.05) is 39.8 Å². The molecule has 0 spiro atoms. The van der Waals surface area contributed by atoms with Crippen LogP contribution in [0.3, 0.4) is 0 Å². The number of hydrogen-bond donors (Lipinski definition) is 1. The Kier molecular flexibility index (Phi) is 5.13. The molecule has 1 fully saturated rings. The molecular weight excluding hydrogens is 292 g/mol. The molecule has 0 atom stereocenters. The highest BCUT2D eigenvalue weighted by Gasteiger charge is 2.26. The van der Waals surface area contributed by atoms with E-state index in [-0.39, 0.29) is 6.09 Å². The standard InChI is InChI=1S/C17H26N4O2/c1-6-8-13-14(7-2)18-19-15(13)20-9-11-21(12-10-20)16(22)23-17(3,4)5/h6-8,18H,1,9-12H2,2-5H3/b13-8+,14-7+. The van der Waals surface area contributed by atoms with Gasteiger partial charge in [0.25, 0.3) is 0 Å². The van der Waals surface area contributed by atoms with Crippen molar-refractivity contribution in [2.45, 2.75) is 33.3 Å². The van der Waals surface area contributed by atoms with Gasteiger partial charge in [-0.1, -0.05) is 18.7 Å². The fourth-order valence-corrected chi connectivity index (χ4v) is 2.52. The molecule has 1 aromatic rings. The second kappa shape index (κ2) is 6.89. The van der Waals surface area contributed by atoms with Gasteiger partial charge < -0.3 is 14.5 Å². The third-order valence-electron chi connectivity index (χ3n) is 3.62. The van der Waals surface area contributed by atoms with Crippen LogP contribution in [-0.4, -0.2) is 53.0 Å². The van der Waals surface area contributed by atoms with Crippen LogP contribution in [-0.2, 0) is 4.74 Å². The summed E-state index contributed by atoms with van der Waals surface area (Å²) in [7, 11) is 0. The highest BCUT2D eigenvalue weighted by Crippen LogP contribution is 2.13. The summed E-state index contributed by atoms with van der Waals surface area (Å²) >= 11 is 0. The number of carbonyl (C=O) groups is 1. The van der Waals surface area contributed by atoms with Crippen LogP contribution in [0.25, 0.3) is 12.2 Å². The summed E-state index contributed by atoms with van der Waals surface area (Å²) in [5, 5.41) is 9.47. The number of nitrogens with one attached hydrogen (secondary N) is 1. The number of anilines is 1. The average Bonchev–Trinajstić information content (AvgIpc) is 2.89. The molecule has 0 unspecified atom stereocenters. The molecule has 0 aromatic carbocycles. The van der Waals surface area contributed by atoms with Crippen molar-refractivity contribution in [3.63, 3.8) is 0 Å². The highest BCUT2D eigenvalue weighted by atomic mass is 16.6. The summed E-state index contributed by atoms with van der Waals surface area (Å²) in [5.74, 6) is 0.904. The number of rotatable bonds is 2. The Morgan fingerprint density at radius 3 is 2.48 bits per heavy atom. The summed E-state index contributed by atoms with van der Waals surface area (Å²) in [6.45, 7) is 14.1. The first-order valence-corrected chi connectivity index (χ1v) is 7.92. The van der Waals surface area contributed by atoms with Gasteiger partial charge in [0.1, 0.15) is 5.60 Å². The van der Waals surface area contributed by atoms with E-state index in [0.717, 1.165) is 29.5 Å². The number of aromatic amines is 1. The van der Waals surface area contributed by atoms with Gasteiger partial charge in [-0.05, 0) is 33.8 Å². The predicted molar refractivity (Wildman–Crippen MR) is 92.7 cm³/mol. The van der Waals surface area contributed by atoms with E-state index in [2.05, 4.69) is 21.7 Å². The van der Waals surface area contributed by atoms with Gasteiger partial charge in [-0.25, -0.2) is 4.79 Å². The highest BCUT2D eigenvalue weighted by molar-refractivity contribution is 5.68. The van der Waals surface area contributed by atoms with E-state index >= 15 is 0 Å². The minimum atomic E-state index is -0.464. The third kappa shape index (κ3) is 4.15. The zero-order valence-electron chi connectivity index (χ0n) is 14.4. The van der Waals surface area contributed by atoms with Gasteiger partial charge in [0, 0.05) is 31.4 Å². The van der Waals surface area contributed by atoms with Crippen LogP contribution < -0.4 is 15.5 Å². The molecule has 1 saturated heterocycles. The number of allylic oxidation sites excluding steroid dienone is 1. The molecule has 0 saturated carbocycles. The molecule has 23 heavy (non-hydrogen) atoms. The number of aromatic nitrogens is 2. The summed E-state index contributed by atoms with van der Waals surface area (Å²) in [6, 6.07) is 0. The Morgan fingerprint density at radius 1 is 1.30 bits per heavy atom. The lowest BCUT2D eigenvalue weighted by atomic mass is 10.2. The maximum atomic E-state index is 12.1.